The van der Waals surface area contributed by atoms with Crippen molar-refractivity contribution in [2.45, 2.75) is 13.0 Å². The lowest BCUT2D eigenvalue weighted by Gasteiger charge is -2.08. The second-order valence-corrected chi connectivity index (χ2v) is 3.21. The number of carbonyl (C=O) groups is 1. The molecule has 0 aromatic heterocycles. The van der Waals surface area contributed by atoms with Gasteiger partial charge in [-0.2, -0.15) is 5.26 Å². The smallest absolute Gasteiger partial charge is 0.177 e. The molecule has 16 heavy (non-hydrogen) atoms. The van der Waals surface area contributed by atoms with E-state index in [0.717, 1.165) is 5.56 Å². The molecule has 84 valence electrons. The van der Waals surface area contributed by atoms with Crippen molar-refractivity contribution in [2.24, 2.45) is 0 Å². The van der Waals surface area contributed by atoms with E-state index >= 15 is 0 Å². The lowest BCUT2D eigenvalue weighted by atomic mass is 10.0. The maximum atomic E-state index is 11.7. The van der Waals surface area contributed by atoms with Gasteiger partial charge in [0.1, 0.15) is 5.75 Å². The summed E-state index contributed by atoms with van der Waals surface area (Å²) in [5.41, 5.74) is 1.26. The molecule has 0 unspecified atom stereocenters. The highest BCUT2D eigenvalue weighted by Gasteiger charge is 2.12. The first kappa shape index (κ1) is 12.2. The van der Waals surface area contributed by atoms with Crippen LogP contribution >= 0.6 is 0 Å². The van der Waals surface area contributed by atoms with Gasteiger partial charge in [0.15, 0.2) is 5.78 Å². The van der Waals surface area contributed by atoms with Gasteiger partial charge in [-0.1, -0.05) is 6.07 Å². The van der Waals surface area contributed by atoms with Crippen LogP contribution < -0.4 is 4.74 Å². The zero-order valence-corrected chi connectivity index (χ0v) is 9.32. The zero-order chi connectivity index (χ0) is 12.0. The van der Waals surface area contributed by atoms with Crippen LogP contribution in [0.1, 0.15) is 22.3 Å². The summed E-state index contributed by atoms with van der Waals surface area (Å²) in [5.74, 6) is 0.384. The summed E-state index contributed by atoms with van der Waals surface area (Å²) in [4.78, 5) is 11.7. The van der Waals surface area contributed by atoms with Gasteiger partial charge < -0.3 is 9.47 Å². The Kier molecular flexibility index (Phi) is 4.49. The third-order valence-electron chi connectivity index (χ3n) is 2.16. The van der Waals surface area contributed by atoms with Crippen molar-refractivity contribution in [3.63, 3.8) is 0 Å². The van der Waals surface area contributed by atoms with Crippen LogP contribution in [0.15, 0.2) is 18.2 Å². The van der Waals surface area contributed by atoms with Gasteiger partial charge in [0, 0.05) is 12.7 Å². The van der Waals surface area contributed by atoms with E-state index in [-0.39, 0.29) is 12.2 Å². The third kappa shape index (κ3) is 2.81. The number of ketones is 1. The molecule has 0 heterocycles. The van der Waals surface area contributed by atoms with Crippen LogP contribution in [0.4, 0.5) is 0 Å². The van der Waals surface area contributed by atoms with Gasteiger partial charge in [0.25, 0.3) is 0 Å². The topological polar surface area (TPSA) is 59.3 Å². The quantitative estimate of drug-likeness (QED) is 0.710. The van der Waals surface area contributed by atoms with E-state index < -0.39 is 0 Å². The van der Waals surface area contributed by atoms with E-state index in [1.54, 1.807) is 25.3 Å². The van der Waals surface area contributed by atoms with Crippen molar-refractivity contribution in [2.75, 3.05) is 14.2 Å². The van der Waals surface area contributed by atoms with E-state index in [2.05, 4.69) is 0 Å². The Hall–Kier alpha value is -1.86. The summed E-state index contributed by atoms with van der Waals surface area (Å²) in [6.07, 6.45) is -0.135. The molecule has 0 bridgehead atoms. The molecule has 0 amide bonds. The van der Waals surface area contributed by atoms with Crippen LogP contribution in [0.25, 0.3) is 0 Å². The van der Waals surface area contributed by atoms with Crippen LogP contribution in [0, 0.1) is 11.3 Å². The Morgan fingerprint density at radius 2 is 2.19 bits per heavy atom. The first-order chi connectivity index (χ1) is 7.72. The molecular formula is C12H13NO3. The Labute approximate surface area is 94.4 Å². The van der Waals surface area contributed by atoms with Gasteiger partial charge >= 0.3 is 0 Å². The second kappa shape index (κ2) is 5.89. The molecule has 0 saturated carbocycles. The maximum Gasteiger partial charge on any atom is 0.177 e. The van der Waals surface area contributed by atoms with E-state index in [9.17, 15) is 4.79 Å². The lowest BCUT2D eigenvalue weighted by molar-refractivity contribution is 0.0992. The van der Waals surface area contributed by atoms with Crippen molar-refractivity contribution in [3.05, 3.63) is 29.3 Å². The fraction of sp³-hybridized carbons (Fsp3) is 0.333. The van der Waals surface area contributed by atoms with Gasteiger partial charge in [-0.15, -0.1) is 0 Å². The van der Waals surface area contributed by atoms with Crippen molar-refractivity contribution in [1.82, 2.24) is 0 Å². The molecule has 4 heteroatoms. The molecule has 0 aliphatic heterocycles. The predicted octanol–water partition coefficient (Wildman–Crippen LogP) is 1.94. The van der Waals surface area contributed by atoms with Crippen molar-refractivity contribution >= 4 is 5.78 Å². The van der Waals surface area contributed by atoms with Crippen LogP contribution in [-0.2, 0) is 11.3 Å². The van der Waals surface area contributed by atoms with Crippen LogP contribution in [0.3, 0.4) is 0 Å². The third-order valence-corrected chi connectivity index (χ3v) is 2.16. The number of benzene rings is 1. The number of nitriles is 1. The second-order valence-electron chi connectivity index (χ2n) is 3.21. The average Bonchev–Trinajstić information content (AvgIpc) is 2.30. The Bertz CT molecular complexity index is 421. The number of methoxy groups -OCH3 is 2. The van der Waals surface area contributed by atoms with Gasteiger partial charge in [0.2, 0.25) is 0 Å². The number of hydrogen-bond donors (Lipinski definition) is 0. The van der Waals surface area contributed by atoms with Crippen molar-refractivity contribution in [3.8, 4) is 11.8 Å². The fourth-order valence-corrected chi connectivity index (χ4v) is 1.39. The summed E-state index contributed by atoms with van der Waals surface area (Å²) in [6.45, 7) is 0.344. The van der Waals surface area contributed by atoms with E-state index in [4.69, 9.17) is 14.7 Å². The number of ether oxygens (including phenoxy) is 2. The monoisotopic (exact) mass is 219 g/mol. The Morgan fingerprint density at radius 3 is 2.75 bits per heavy atom. The molecule has 0 aliphatic carbocycles. The minimum atomic E-state index is -0.214. The molecule has 0 atom stereocenters. The molecule has 0 radical (unpaired) electrons. The molecule has 0 fully saturated rings. The highest BCUT2D eigenvalue weighted by molar-refractivity contribution is 5.99. The molecule has 1 aromatic carbocycles. The minimum Gasteiger partial charge on any atom is -0.497 e. The molecule has 0 saturated heterocycles. The first-order valence-corrected chi connectivity index (χ1v) is 4.79. The van der Waals surface area contributed by atoms with Gasteiger partial charge in [-0.3, -0.25) is 4.79 Å². The normalized spacial score (nSPS) is 9.56. The van der Waals surface area contributed by atoms with Crippen LogP contribution in [0.5, 0.6) is 5.75 Å². The van der Waals surface area contributed by atoms with Crippen molar-refractivity contribution in [1.29, 1.82) is 5.26 Å². The minimum absolute atomic E-state index is 0.135. The molecule has 4 nitrogen and oxygen atoms in total. The molecular weight excluding hydrogens is 206 g/mol. The number of carbonyl (C=O) groups excluding carboxylic acids is 1. The van der Waals surface area contributed by atoms with Crippen molar-refractivity contribution < 1.29 is 14.3 Å². The predicted molar refractivity (Wildman–Crippen MR) is 58.3 cm³/mol. The summed E-state index contributed by atoms with van der Waals surface area (Å²) in [6, 6.07) is 7.01. The summed E-state index contributed by atoms with van der Waals surface area (Å²) in [7, 11) is 3.09. The summed E-state index contributed by atoms with van der Waals surface area (Å²) < 4.78 is 10.0. The van der Waals surface area contributed by atoms with Crippen LogP contribution in [0.2, 0.25) is 0 Å². The lowest BCUT2D eigenvalue weighted by Crippen LogP contribution is -2.04. The van der Waals surface area contributed by atoms with E-state index in [1.165, 1.54) is 7.11 Å². The fourth-order valence-electron chi connectivity index (χ4n) is 1.39. The maximum absolute atomic E-state index is 11.7. The molecule has 0 aliphatic rings. The highest BCUT2D eigenvalue weighted by atomic mass is 16.5. The van der Waals surface area contributed by atoms with Gasteiger partial charge in [-0.25, -0.2) is 0 Å². The number of Topliss-reactive ketones (excluding diaryl/α,β-unsaturated/α-hetero) is 1. The molecule has 1 rings (SSSR count). The van der Waals surface area contributed by atoms with E-state index in [1.807, 2.05) is 6.07 Å². The average molecular weight is 219 g/mol. The van der Waals surface area contributed by atoms with Gasteiger partial charge in [0.05, 0.1) is 26.2 Å². The molecule has 0 N–H and O–H groups in total. The summed E-state index contributed by atoms with van der Waals surface area (Å²) >= 11 is 0. The number of nitrogens with zero attached hydrogens (tertiary/aromatic N) is 1. The standard InChI is InChI=1S/C12H13NO3/c1-15-8-9-3-4-10(16-2)7-11(9)12(14)5-6-13/h3-4,7H,5,8H2,1-2H3. The van der Waals surface area contributed by atoms with Crippen LogP contribution in [-0.4, -0.2) is 20.0 Å². The zero-order valence-electron chi connectivity index (χ0n) is 9.32. The summed E-state index contributed by atoms with van der Waals surface area (Å²) in [5, 5.41) is 8.51. The number of rotatable bonds is 5. The first-order valence-electron chi connectivity index (χ1n) is 4.79. The van der Waals surface area contributed by atoms with E-state index in [0.29, 0.717) is 17.9 Å². The Morgan fingerprint density at radius 1 is 1.44 bits per heavy atom. The molecule has 1 aromatic rings. The molecule has 0 spiro atoms. The SMILES string of the molecule is COCc1ccc(OC)cc1C(=O)CC#N. The highest BCUT2D eigenvalue weighted by Crippen LogP contribution is 2.19. The number of hydrogen-bond acceptors (Lipinski definition) is 4. The van der Waals surface area contributed by atoms with Gasteiger partial charge in [-0.05, 0) is 17.7 Å². The largest absolute Gasteiger partial charge is 0.497 e. The Balaban J connectivity index is 3.10.